The van der Waals surface area contributed by atoms with Gasteiger partial charge in [0.15, 0.2) is 5.65 Å². The number of pyridine rings is 1. The van der Waals surface area contributed by atoms with Crippen molar-refractivity contribution in [3.63, 3.8) is 0 Å². The van der Waals surface area contributed by atoms with E-state index in [2.05, 4.69) is 12.2 Å². The van der Waals surface area contributed by atoms with E-state index in [0.717, 1.165) is 44.8 Å². The number of fused-ring (bicyclic) bond motifs is 1. The van der Waals surface area contributed by atoms with E-state index in [1.54, 1.807) is 6.92 Å². The minimum atomic E-state index is -0.728. The Hall–Kier alpha value is -4.00. The van der Waals surface area contributed by atoms with E-state index in [4.69, 9.17) is 14.8 Å². The zero-order chi connectivity index (χ0) is 25.7. The third kappa shape index (κ3) is 5.46. The van der Waals surface area contributed by atoms with Gasteiger partial charge in [-0.15, -0.1) is 0 Å². The van der Waals surface area contributed by atoms with Crippen LogP contribution in [0.1, 0.15) is 41.4 Å². The molecule has 1 N–H and O–H groups in total. The molecule has 0 aliphatic carbocycles. The van der Waals surface area contributed by atoms with Crippen LogP contribution in [-0.4, -0.2) is 39.3 Å². The summed E-state index contributed by atoms with van der Waals surface area (Å²) in [5, 5.41) is 8.63. The lowest BCUT2D eigenvalue weighted by Gasteiger charge is -2.18. The van der Waals surface area contributed by atoms with Crippen LogP contribution in [0.2, 0.25) is 0 Å². The molecule has 0 bridgehead atoms. The summed E-state index contributed by atoms with van der Waals surface area (Å²) in [5.41, 5.74) is 6.61. The fourth-order valence-electron chi connectivity index (χ4n) is 4.61. The topological polar surface area (TPSA) is 86.1 Å². The van der Waals surface area contributed by atoms with Gasteiger partial charge in [0.1, 0.15) is 6.04 Å². The average Bonchev–Trinajstić information content (AvgIpc) is 3.20. The summed E-state index contributed by atoms with van der Waals surface area (Å²) >= 11 is 0. The van der Waals surface area contributed by atoms with Gasteiger partial charge in [0.05, 0.1) is 18.0 Å². The van der Waals surface area contributed by atoms with Gasteiger partial charge in [-0.3, -0.25) is 4.79 Å². The van der Waals surface area contributed by atoms with Gasteiger partial charge in [-0.2, -0.15) is 5.10 Å². The fraction of sp³-hybridized carbons (Fsp3) is 0.310. The molecule has 7 heteroatoms. The van der Waals surface area contributed by atoms with Crippen molar-refractivity contribution in [1.82, 2.24) is 20.1 Å². The summed E-state index contributed by atoms with van der Waals surface area (Å²) in [6.45, 7) is 8.03. The molecule has 4 rings (SSSR count). The summed E-state index contributed by atoms with van der Waals surface area (Å²) in [7, 11) is 0. The van der Waals surface area contributed by atoms with Crippen LogP contribution in [0.5, 0.6) is 0 Å². The first-order valence-corrected chi connectivity index (χ1v) is 12.3. The molecule has 7 nitrogen and oxygen atoms in total. The Balaban J connectivity index is 1.52. The molecular weight excluding hydrogens is 452 g/mol. The van der Waals surface area contributed by atoms with Gasteiger partial charge in [0.25, 0.3) is 0 Å². The first-order valence-electron chi connectivity index (χ1n) is 12.3. The predicted molar refractivity (Wildman–Crippen MR) is 140 cm³/mol. The summed E-state index contributed by atoms with van der Waals surface area (Å²) in [6, 6.07) is 18.8. The van der Waals surface area contributed by atoms with Gasteiger partial charge in [-0.05, 0) is 62.9 Å². The highest BCUT2D eigenvalue weighted by atomic mass is 16.5. The smallest absolute Gasteiger partial charge is 0.328 e. The molecular formula is C29H32N4O3. The number of aromatic nitrogens is 3. The second-order valence-electron chi connectivity index (χ2n) is 8.89. The molecule has 0 fully saturated rings. The van der Waals surface area contributed by atoms with Crippen LogP contribution in [0.4, 0.5) is 0 Å². The quantitative estimate of drug-likeness (QED) is 0.352. The number of aryl methyl sites for hydroxylation is 3. The number of nitrogens with zero attached hydrogens (tertiary/aromatic N) is 3. The van der Waals surface area contributed by atoms with E-state index in [9.17, 15) is 9.59 Å². The number of benzene rings is 2. The zero-order valence-corrected chi connectivity index (χ0v) is 21.2. The largest absolute Gasteiger partial charge is 0.464 e. The number of nitrogens with one attached hydrogen (secondary N) is 1. The lowest BCUT2D eigenvalue weighted by Crippen LogP contribution is -2.43. The van der Waals surface area contributed by atoms with Crippen LogP contribution in [0.25, 0.3) is 16.7 Å². The maximum absolute atomic E-state index is 12.9. The maximum atomic E-state index is 12.9. The molecule has 36 heavy (non-hydrogen) atoms. The standard InChI is InChI=1S/C29H32N4O3/c1-5-36-29(35)25(18-22-12-8-6-9-13-22)31-26(34)17-16-24-19(2)27-21(4)32-33(28(27)30-20(24)3)23-14-10-7-11-15-23/h6-15,25H,5,16-18H2,1-4H3,(H,31,34)/t25-/m0/s1. The second-order valence-corrected chi connectivity index (χ2v) is 8.89. The number of ether oxygens (including phenoxy) is 1. The molecule has 4 aromatic rings. The Bertz CT molecular complexity index is 1360. The van der Waals surface area contributed by atoms with Crippen LogP contribution < -0.4 is 5.32 Å². The molecule has 2 aromatic heterocycles. The molecule has 1 amide bonds. The van der Waals surface area contributed by atoms with Gasteiger partial charge in [0.2, 0.25) is 5.91 Å². The highest BCUT2D eigenvalue weighted by Gasteiger charge is 2.23. The van der Waals surface area contributed by atoms with Crippen molar-refractivity contribution < 1.29 is 14.3 Å². The molecule has 2 aromatic carbocycles. The number of carbonyl (C=O) groups excluding carboxylic acids is 2. The fourth-order valence-corrected chi connectivity index (χ4v) is 4.61. The molecule has 1 atom stereocenters. The number of rotatable bonds is 9. The number of para-hydroxylation sites is 1. The van der Waals surface area contributed by atoms with E-state index in [1.807, 2.05) is 79.2 Å². The van der Waals surface area contributed by atoms with E-state index >= 15 is 0 Å². The molecule has 0 unspecified atom stereocenters. The van der Waals surface area contributed by atoms with Crippen LogP contribution >= 0.6 is 0 Å². The molecule has 2 heterocycles. The number of hydrogen-bond donors (Lipinski definition) is 1. The average molecular weight is 485 g/mol. The van der Waals surface area contributed by atoms with Crippen molar-refractivity contribution in [3.05, 3.63) is 88.7 Å². The Labute approximate surface area is 211 Å². The number of hydrogen-bond acceptors (Lipinski definition) is 5. The summed E-state index contributed by atoms with van der Waals surface area (Å²) in [6.07, 6.45) is 1.14. The molecule has 0 aliphatic heterocycles. The summed E-state index contributed by atoms with van der Waals surface area (Å²) < 4.78 is 7.08. The molecule has 0 aliphatic rings. The first kappa shape index (κ1) is 25.1. The molecule has 0 saturated heterocycles. The zero-order valence-electron chi connectivity index (χ0n) is 21.2. The predicted octanol–water partition coefficient (Wildman–Crippen LogP) is 4.57. The second kappa shape index (κ2) is 11.2. The number of esters is 1. The van der Waals surface area contributed by atoms with Gasteiger partial charge < -0.3 is 10.1 Å². The third-order valence-electron chi connectivity index (χ3n) is 6.37. The van der Waals surface area contributed by atoms with Crippen molar-refractivity contribution in [2.45, 2.75) is 53.0 Å². The van der Waals surface area contributed by atoms with Crippen molar-refractivity contribution in [1.29, 1.82) is 0 Å². The van der Waals surface area contributed by atoms with Crippen molar-refractivity contribution in [2.75, 3.05) is 6.61 Å². The minimum Gasteiger partial charge on any atom is -0.464 e. The monoisotopic (exact) mass is 484 g/mol. The SMILES string of the molecule is CCOC(=O)[C@H](Cc1ccccc1)NC(=O)CCc1c(C)nc2c(c(C)nn2-c2ccccc2)c1C. The van der Waals surface area contributed by atoms with E-state index in [0.29, 0.717) is 12.8 Å². The summed E-state index contributed by atoms with van der Waals surface area (Å²) in [4.78, 5) is 30.3. The molecule has 0 spiro atoms. The van der Waals surface area contributed by atoms with Crippen LogP contribution in [0.3, 0.4) is 0 Å². The highest BCUT2D eigenvalue weighted by molar-refractivity contribution is 5.86. The normalized spacial score (nSPS) is 11.9. The van der Waals surface area contributed by atoms with Gasteiger partial charge >= 0.3 is 5.97 Å². The molecule has 0 saturated carbocycles. The molecule has 0 radical (unpaired) electrons. The molecule has 186 valence electrons. The van der Waals surface area contributed by atoms with Crippen molar-refractivity contribution in [2.24, 2.45) is 0 Å². The number of carbonyl (C=O) groups is 2. The Morgan fingerprint density at radius 3 is 2.31 bits per heavy atom. The van der Waals surface area contributed by atoms with E-state index in [1.165, 1.54) is 0 Å². The van der Waals surface area contributed by atoms with Crippen LogP contribution in [0.15, 0.2) is 60.7 Å². The lowest BCUT2D eigenvalue weighted by molar-refractivity contribution is -0.147. The van der Waals surface area contributed by atoms with Crippen molar-refractivity contribution in [3.8, 4) is 5.69 Å². The first-order chi connectivity index (χ1) is 17.4. The van der Waals surface area contributed by atoms with Gasteiger partial charge in [-0.1, -0.05) is 48.5 Å². The van der Waals surface area contributed by atoms with Gasteiger partial charge in [-0.25, -0.2) is 14.5 Å². The number of amides is 1. The Kier molecular flexibility index (Phi) is 7.78. The van der Waals surface area contributed by atoms with Gasteiger partial charge in [0, 0.05) is 23.9 Å². The maximum Gasteiger partial charge on any atom is 0.328 e. The van der Waals surface area contributed by atoms with E-state index < -0.39 is 12.0 Å². The highest BCUT2D eigenvalue weighted by Crippen LogP contribution is 2.28. The van der Waals surface area contributed by atoms with E-state index in [-0.39, 0.29) is 18.9 Å². The Morgan fingerprint density at radius 1 is 0.972 bits per heavy atom. The minimum absolute atomic E-state index is 0.195. The van der Waals surface area contributed by atoms with Crippen LogP contribution in [-0.2, 0) is 27.2 Å². The van der Waals surface area contributed by atoms with Crippen molar-refractivity contribution >= 4 is 22.9 Å². The lowest BCUT2D eigenvalue weighted by atomic mass is 9.99. The summed E-state index contributed by atoms with van der Waals surface area (Å²) in [5.74, 6) is -0.617. The third-order valence-corrected chi connectivity index (χ3v) is 6.37. The van der Waals surface area contributed by atoms with Crippen LogP contribution in [0, 0.1) is 20.8 Å². The Morgan fingerprint density at radius 2 is 1.64 bits per heavy atom.